The lowest BCUT2D eigenvalue weighted by molar-refractivity contribution is 0.0103. The van der Waals surface area contributed by atoms with Crippen molar-refractivity contribution < 1.29 is 9.53 Å². The molecule has 0 aliphatic carbocycles. The first-order valence-corrected chi connectivity index (χ1v) is 8.79. The molecule has 1 saturated heterocycles. The lowest BCUT2D eigenvalue weighted by Gasteiger charge is -2.22. The van der Waals surface area contributed by atoms with E-state index in [1.807, 2.05) is 30.3 Å². The zero-order valence-electron chi connectivity index (χ0n) is 14.0. The molecule has 2 amide bonds. The Bertz CT molecular complexity index is 663. The van der Waals surface area contributed by atoms with Gasteiger partial charge in [-0.05, 0) is 49.8 Å². The van der Waals surface area contributed by atoms with E-state index in [0.717, 1.165) is 42.3 Å². The van der Waals surface area contributed by atoms with Crippen LogP contribution in [0.15, 0.2) is 36.5 Å². The van der Waals surface area contributed by atoms with Crippen LogP contribution in [-0.4, -0.2) is 30.3 Å². The number of ether oxygens (including phenoxy) is 1. The molecule has 0 radical (unpaired) electrons. The predicted molar refractivity (Wildman–Crippen MR) is 94.8 cm³/mol. The summed E-state index contributed by atoms with van der Waals surface area (Å²) in [6, 6.07) is 9.79. The Morgan fingerprint density at radius 1 is 1.21 bits per heavy atom. The average Bonchev–Trinajstić information content (AvgIpc) is 2.64. The van der Waals surface area contributed by atoms with E-state index >= 15 is 0 Å². The number of nitrogens with zero attached hydrogens (tertiary/aromatic N) is 1. The molecule has 5 heteroatoms. The summed E-state index contributed by atoms with van der Waals surface area (Å²) in [5.41, 5.74) is 2.02. The fourth-order valence-electron chi connectivity index (χ4n) is 3.11. The number of hydrogen-bond donors (Lipinski definition) is 2. The van der Waals surface area contributed by atoms with E-state index in [4.69, 9.17) is 4.74 Å². The average molecular weight is 327 g/mol. The zero-order valence-corrected chi connectivity index (χ0v) is 14.0. The van der Waals surface area contributed by atoms with Gasteiger partial charge in [0.15, 0.2) is 0 Å². The predicted octanol–water partition coefficient (Wildman–Crippen LogP) is 3.38. The molecule has 1 aliphatic rings. The van der Waals surface area contributed by atoms with E-state index in [1.54, 1.807) is 6.20 Å². The molecule has 0 bridgehead atoms. The van der Waals surface area contributed by atoms with E-state index in [1.165, 1.54) is 12.8 Å². The van der Waals surface area contributed by atoms with Crippen LogP contribution in [0.1, 0.15) is 37.7 Å². The second-order valence-electron chi connectivity index (χ2n) is 6.23. The first-order chi connectivity index (χ1) is 11.8. The van der Waals surface area contributed by atoms with Crippen molar-refractivity contribution >= 4 is 16.9 Å². The molecule has 2 heterocycles. The van der Waals surface area contributed by atoms with Crippen molar-refractivity contribution in [2.75, 3.05) is 13.2 Å². The van der Waals surface area contributed by atoms with Gasteiger partial charge in [0.05, 0.1) is 11.6 Å². The van der Waals surface area contributed by atoms with Crippen LogP contribution in [0.3, 0.4) is 0 Å². The number of para-hydroxylation sites is 1. The van der Waals surface area contributed by atoms with Crippen LogP contribution in [0, 0.1) is 0 Å². The van der Waals surface area contributed by atoms with Crippen LogP contribution in [0.5, 0.6) is 0 Å². The maximum atomic E-state index is 11.9. The summed E-state index contributed by atoms with van der Waals surface area (Å²) in [6.07, 6.45) is 7.74. The number of fused-ring (bicyclic) bond motifs is 1. The third kappa shape index (κ3) is 4.68. The maximum Gasteiger partial charge on any atom is 0.315 e. The molecule has 24 heavy (non-hydrogen) atoms. The summed E-state index contributed by atoms with van der Waals surface area (Å²) >= 11 is 0. The normalized spacial score (nSPS) is 17.6. The highest BCUT2D eigenvalue weighted by Gasteiger charge is 2.13. The summed E-state index contributed by atoms with van der Waals surface area (Å²) in [5, 5.41) is 6.92. The van der Waals surface area contributed by atoms with E-state index in [0.29, 0.717) is 19.2 Å². The van der Waals surface area contributed by atoms with Crippen molar-refractivity contribution in [1.82, 2.24) is 15.6 Å². The summed E-state index contributed by atoms with van der Waals surface area (Å²) in [4.78, 5) is 16.3. The second-order valence-corrected chi connectivity index (χ2v) is 6.23. The summed E-state index contributed by atoms with van der Waals surface area (Å²) < 4.78 is 5.70. The molecule has 2 N–H and O–H groups in total. The van der Waals surface area contributed by atoms with Crippen LogP contribution in [0.25, 0.3) is 10.9 Å². The lowest BCUT2D eigenvalue weighted by atomic mass is 10.0. The number of nitrogens with one attached hydrogen (secondary N) is 2. The number of amides is 2. The van der Waals surface area contributed by atoms with Gasteiger partial charge >= 0.3 is 6.03 Å². The largest absolute Gasteiger partial charge is 0.378 e. The molecular weight excluding hydrogens is 302 g/mol. The van der Waals surface area contributed by atoms with Crippen molar-refractivity contribution in [3.05, 3.63) is 42.1 Å². The highest BCUT2D eigenvalue weighted by molar-refractivity contribution is 5.82. The van der Waals surface area contributed by atoms with Gasteiger partial charge in [0, 0.05) is 31.3 Å². The van der Waals surface area contributed by atoms with Crippen LogP contribution in [-0.2, 0) is 11.3 Å². The molecule has 2 aromatic rings. The van der Waals surface area contributed by atoms with Gasteiger partial charge in [0.25, 0.3) is 0 Å². The fraction of sp³-hybridized carbons (Fsp3) is 0.474. The fourth-order valence-corrected chi connectivity index (χ4v) is 3.11. The molecule has 0 saturated carbocycles. The SMILES string of the molecule is O=C(NCCC[C@H]1CCCCO1)NCc1ccnc2ccccc12. The first kappa shape index (κ1) is 16.7. The van der Waals surface area contributed by atoms with Gasteiger partial charge in [-0.15, -0.1) is 0 Å². The lowest BCUT2D eigenvalue weighted by Crippen LogP contribution is -2.36. The van der Waals surface area contributed by atoms with Gasteiger partial charge in [-0.25, -0.2) is 4.79 Å². The Hall–Kier alpha value is -2.14. The maximum absolute atomic E-state index is 11.9. The molecule has 1 atom stereocenters. The molecule has 5 nitrogen and oxygen atoms in total. The Balaban J connectivity index is 1.39. The van der Waals surface area contributed by atoms with E-state index in [9.17, 15) is 4.79 Å². The third-order valence-electron chi connectivity index (χ3n) is 4.44. The number of aromatic nitrogens is 1. The van der Waals surface area contributed by atoms with Crippen LogP contribution >= 0.6 is 0 Å². The quantitative estimate of drug-likeness (QED) is 0.800. The number of pyridine rings is 1. The van der Waals surface area contributed by atoms with Crippen molar-refractivity contribution in [3.63, 3.8) is 0 Å². The Morgan fingerprint density at radius 3 is 3.00 bits per heavy atom. The number of hydrogen-bond acceptors (Lipinski definition) is 3. The number of rotatable bonds is 6. The standard InChI is InChI=1S/C19H25N3O2/c23-19(21-11-5-7-16-6-3-4-13-24-16)22-14-15-10-12-20-18-9-2-1-8-17(15)18/h1-2,8-10,12,16H,3-7,11,13-14H2,(H2,21,22,23)/t16-/m1/s1. The first-order valence-electron chi connectivity index (χ1n) is 8.79. The summed E-state index contributed by atoms with van der Waals surface area (Å²) in [7, 11) is 0. The van der Waals surface area contributed by atoms with Crippen molar-refractivity contribution in [1.29, 1.82) is 0 Å². The second kappa shape index (κ2) is 8.64. The van der Waals surface area contributed by atoms with Gasteiger partial charge in [0.1, 0.15) is 0 Å². The summed E-state index contributed by atoms with van der Waals surface area (Å²) in [6.45, 7) is 2.07. The van der Waals surface area contributed by atoms with E-state index in [-0.39, 0.29) is 6.03 Å². The van der Waals surface area contributed by atoms with E-state index in [2.05, 4.69) is 15.6 Å². The van der Waals surface area contributed by atoms with Crippen molar-refractivity contribution in [3.8, 4) is 0 Å². The van der Waals surface area contributed by atoms with Gasteiger partial charge < -0.3 is 15.4 Å². The molecular formula is C19H25N3O2. The van der Waals surface area contributed by atoms with Crippen LogP contribution in [0.2, 0.25) is 0 Å². The molecule has 1 fully saturated rings. The van der Waals surface area contributed by atoms with Crippen molar-refractivity contribution in [2.24, 2.45) is 0 Å². The van der Waals surface area contributed by atoms with Crippen LogP contribution < -0.4 is 10.6 Å². The van der Waals surface area contributed by atoms with Gasteiger partial charge in [-0.3, -0.25) is 4.98 Å². The number of carbonyl (C=O) groups excluding carboxylic acids is 1. The minimum atomic E-state index is -0.125. The molecule has 1 aliphatic heterocycles. The van der Waals surface area contributed by atoms with Crippen LogP contribution in [0.4, 0.5) is 4.79 Å². The van der Waals surface area contributed by atoms with Gasteiger partial charge in [-0.2, -0.15) is 0 Å². The molecule has 0 spiro atoms. The highest BCUT2D eigenvalue weighted by Crippen LogP contribution is 2.17. The smallest absolute Gasteiger partial charge is 0.315 e. The third-order valence-corrected chi connectivity index (χ3v) is 4.44. The number of urea groups is 1. The van der Waals surface area contributed by atoms with Gasteiger partial charge in [-0.1, -0.05) is 18.2 Å². The monoisotopic (exact) mass is 327 g/mol. The highest BCUT2D eigenvalue weighted by atomic mass is 16.5. The zero-order chi connectivity index (χ0) is 16.6. The molecule has 0 unspecified atom stereocenters. The Kier molecular flexibility index (Phi) is 6.01. The minimum Gasteiger partial charge on any atom is -0.378 e. The Morgan fingerprint density at radius 2 is 2.12 bits per heavy atom. The van der Waals surface area contributed by atoms with Crippen molar-refractivity contribution in [2.45, 2.75) is 44.8 Å². The van der Waals surface area contributed by atoms with E-state index < -0.39 is 0 Å². The minimum absolute atomic E-state index is 0.125. The molecule has 3 rings (SSSR count). The number of carbonyl (C=O) groups is 1. The summed E-state index contributed by atoms with van der Waals surface area (Å²) in [5.74, 6) is 0. The number of benzene rings is 1. The molecule has 128 valence electrons. The molecule has 1 aromatic carbocycles. The topological polar surface area (TPSA) is 63.2 Å². The van der Waals surface area contributed by atoms with Gasteiger partial charge in [0.2, 0.25) is 0 Å². The molecule has 1 aromatic heterocycles. The Labute approximate surface area is 142 Å².